The Morgan fingerprint density at radius 3 is 2.84 bits per heavy atom. The number of methoxy groups -OCH3 is 1. The van der Waals surface area contributed by atoms with E-state index in [0.717, 1.165) is 11.3 Å². The molecule has 1 atom stereocenters. The molecule has 2 aromatic carbocycles. The number of halogens is 1. The molecule has 1 heterocycles. The predicted octanol–water partition coefficient (Wildman–Crippen LogP) is 3.68. The van der Waals surface area contributed by atoms with Gasteiger partial charge in [0.05, 0.1) is 17.9 Å². The van der Waals surface area contributed by atoms with Crippen molar-refractivity contribution in [1.29, 1.82) is 0 Å². The fourth-order valence-corrected chi connectivity index (χ4v) is 2.72. The third-order valence-corrected chi connectivity index (χ3v) is 3.88. The summed E-state index contributed by atoms with van der Waals surface area (Å²) in [5, 5.41) is 8.83. The van der Waals surface area contributed by atoms with E-state index in [-0.39, 0.29) is 17.8 Å². The van der Waals surface area contributed by atoms with Gasteiger partial charge in [-0.05, 0) is 31.2 Å². The van der Waals surface area contributed by atoms with Crippen molar-refractivity contribution < 1.29 is 13.9 Å². The predicted molar refractivity (Wildman–Crippen MR) is 98.0 cm³/mol. The molecule has 1 aliphatic rings. The average Bonchev–Trinajstić information content (AvgIpc) is 2.91. The molecule has 0 radical (unpaired) electrons. The standard InChI is InChI=1S/C19H20FN3O2/c1-12(11-25-2)22-18-8-7-13(9-16(18)20)21-10-15-14-5-3-4-6-17(14)23-19(15)24/h3-10,12,21-22H,11H2,1-2H3,(H,23,24)/b15-10+. The van der Waals surface area contributed by atoms with Crippen molar-refractivity contribution in [1.82, 2.24) is 0 Å². The molecule has 0 aliphatic carbocycles. The van der Waals surface area contributed by atoms with Crippen LogP contribution in [-0.4, -0.2) is 25.7 Å². The van der Waals surface area contributed by atoms with E-state index in [1.807, 2.05) is 31.2 Å². The summed E-state index contributed by atoms with van der Waals surface area (Å²) in [7, 11) is 1.60. The first-order valence-electron chi connectivity index (χ1n) is 8.01. The first-order valence-corrected chi connectivity index (χ1v) is 8.01. The second-order valence-electron chi connectivity index (χ2n) is 5.90. The number of hydrogen-bond acceptors (Lipinski definition) is 4. The third-order valence-electron chi connectivity index (χ3n) is 3.88. The van der Waals surface area contributed by atoms with Crippen molar-refractivity contribution in [2.75, 3.05) is 29.7 Å². The van der Waals surface area contributed by atoms with Gasteiger partial charge >= 0.3 is 0 Å². The number of anilines is 3. The highest BCUT2D eigenvalue weighted by Crippen LogP contribution is 2.31. The molecule has 3 N–H and O–H groups in total. The Morgan fingerprint density at radius 1 is 1.28 bits per heavy atom. The van der Waals surface area contributed by atoms with Crippen LogP contribution in [0.3, 0.4) is 0 Å². The van der Waals surface area contributed by atoms with Gasteiger partial charge in [-0.3, -0.25) is 4.79 Å². The second kappa shape index (κ2) is 7.36. The van der Waals surface area contributed by atoms with E-state index in [1.165, 1.54) is 6.07 Å². The Bertz CT molecular complexity index is 820. The van der Waals surface area contributed by atoms with Crippen molar-refractivity contribution in [2.24, 2.45) is 0 Å². The highest BCUT2D eigenvalue weighted by atomic mass is 19.1. The van der Waals surface area contributed by atoms with Gasteiger partial charge in [0, 0.05) is 36.3 Å². The van der Waals surface area contributed by atoms with Crippen LogP contribution in [0.5, 0.6) is 0 Å². The number of carbonyl (C=O) groups is 1. The van der Waals surface area contributed by atoms with Crippen LogP contribution in [0.15, 0.2) is 48.7 Å². The third kappa shape index (κ3) is 3.80. The summed E-state index contributed by atoms with van der Waals surface area (Å²) in [6.45, 7) is 2.40. The minimum Gasteiger partial charge on any atom is -0.383 e. The van der Waals surface area contributed by atoms with Crippen LogP contribution in [0.25, 0.3) is 5.57 Å². The average molecular weight is 341 g/mol. The van der Waals surface area contributed by atoms with E-state index in [0.29, 0.717) is 23.6 Å². The van der Waals surface area contributed by atoms with Gasteiger partial charge in [-0.1, -0.05) is 18.2 Å². The molecule has 0 bridgehead atoms. The molecule has 130 valence electrons. The minimum absolute atomic E-state index is 0.000821. The monoisotopic (exact) mass is 341 g/mol. The van der Waals surface area contributed by atoms with E-state index in [9.17, 15) is 9.18 Å². The minimum atomic E-state index is -0.373. The summed E-state index contributed by atoms with van der Waals surface area (Å²) >= 11 is 0. The summed E-state index contributed by atoms with van der Waals surface area (Å²) in [5.41, 5.74) is 3.09. The maximum Gasteiger partial charge on any atom is 0.257 e. The van der Waals surface area contributed by atoms with Crippen molar-refractivity contribution in [2.45, 2.75) is 13.0 Å². The molecule has 0 spiro atoms. The number of fused-ring (bicyclic) bond motifs is 1. The lowest BCUT2D eigenvalue weighted by atomic mass is 10.1. The first kappa shape index (κ1) is 17.0. The van der Waals surface area contributed by atoms with Crippen LogP contribution in [0.2, 0.25) is 0 Å². The number of carbonyl (C=O) groups excluding carboxylic acids is 1. The number of hydrogen-bond donors (Lipinski definition) is 3. The maximum atomic E-state index is 14.2. The number of benzene rings is 2. The maximum absolute atomic E-state index is 14.2. The van der Waals surface area contributed by atoms with Crippen molar-refractivity contribution in [3.63, 3.8) is 0 Å². The van der Waals surface area contributed by atoms with E-state index in [1.54, 1.807) is 25.4 Å². The zero-order chi connectivity index (χ0) is 17.8. The van der Waals surface area contributed by atoms with Crippen molar-refractivity contribution in [3.05, 3.63) is 60.0 Å². The number of nitrogens with one attached hydrogen (secondary N) is 3. The number of para-hydroxylation sites is 1. The molecule has 1 unspecified atom stereocenters. The summed E-state index contributed by atoms with van der Waals surface area (Å²) in [5.74, 6) is -0.552. The van der Waals surface area contributed by atoms with Crippen LogP contribution in [0.1, 0.15) is 12.5 Å². The van der Waals surface area contributed by atoms with Gasteiger partial charge in [-0.25, -0.2) is 4.39 Å². The number of ether oxygens (including phenoxy) is 1. The molecule has 5 nitrogen and oxygen atoms in total. The number of rotatable bonds is 6. The lowest BCUT2D eigenvalue weighted by Crippen LogP contribution is -2.21. The summed E-state index contributed by atoms with van der Waals surface area (Å²) in [6.07, 6.45) is 1.59. The van der Waals surface area contributed by atoms with Gasteiger partial charge in [0.1, 0.15) is 5.82 Å². The first-order chi connectivity index (χ1) is 12.1. The molecule has 3 rings (SSSR count). The molecule has 0 saturated heterocycles. The van der Waals surface area contributed by atoms with Gasteiger partial charge in [-0.2, -0.15) is 0 Å². The van der Waals surface area contributed by atoms with Crippen LogP contribution in [0, 0.1) is 5.82 Å². The lowest BCUT2D eigenvalue weighted by Gasteiger charge is -2.15. The van der Waals surface area contributed by atoms with Gasteiger partial charge in [0.15, 0.2) is 0 Å². The normalized spacial score (nSPS) is 15.6. The van der Waals surface area contributed by atoms with Gasteiger partial charge in [-0.15, -0.1) is 0 Å². The lowest BCUT2D eigenvalue weighted by molar-refractivity contribution is -0.110. The largest absolute Gasteiger partial charge is 0.383 e. The molecule has 2 aromatic rings. The fraction of sp³-hybridized carbons (Fsp3) is 0.211. The molecule has 25 heavy (non-hydrogen) atoms. The quantitative estimate of drug-likeness (QED) is 0.702. The van der Waals surface area contributed by atoms with Gasteiger partial charge in [0.25, 0.3) is 5.91 Å². The summed E-state index contributed by atoms with van der Waals surface area (Å²) < 4.78 is 19.3. The van der Waals surface area contributed by atoms with Crippen LogP contribution >= 0.6 is 0 Å². The van der Waals surface area contributed by atoms with Gasteiger partial charge in [0.2, 0.25) is 0 Å². The zero-order valence-electron chi connectivity index (χ0n) is 14.1. The Kier molecular flexibility index (Phi) is 5.00. The Hall–Kier alpha value is -2.86. The van der Waals surface area contributed by atoms with Crippen LogP contribution < -0.4 is 16.0 Å². The highest BCUT2D eigenvalue weighted by Gasteiger charge is 2.23. The molecule has 0 aromatic heterocycles. The Labute approximate surface area is 145 Å². The van der Waals surface area contributed by atoms with Crippen molar-refractivity contribution >= 4 is 28.5 Å². The van der Waals surface area contributed by atoms with Crippen LogP contribution in [0.4, 0.5) is 21.5 Å². The molecule has 1 aliphatic heterocycles. The number of amides is 1. The fourth-order valence-electron chi connectivity index (χ4n) is 2.72. The molecule has 1 amide bonds. The molecule has 0 saturated carbocycles. The van der Waals surface area contributed by atoms with E-state index < -0.39 is 0 Å². The summed E-state index contributed by atoms with van der Waals surface area (Å²) in [4.78, 5) is 12.0. The molecular weight excluding hydrogens is 321 g/mol. The van der Waals surface area contributed by atoms with Crippen LogP contribution in [-0.2, 0) is 9.53 Å². The smallest absolute Gasteiger partial charge is 0.257 e. The SMILES string of the molecule is COCC(C)Nc1ccc(N/C=C2/C(=O)Nc3ccccc32)cc1F. The van der Waals surface area contributed by atoms with Gasteiger partial charge < -0.3 is 20.7 Å². The Balaban J connectivity index is 1.74. The second-order valence-corrected chi connectivity index (χ2v) is 5.90. The molecular formula is C19H20FN3O2. The topological polar surface area (TPSA) is 62.4 Å². The summed E-state index contributed by atoms with van der Waals surface area (Å²) in [6, 6.07) is 12.2. The zero-order valence-corrected chi connectivity index (χ0v) is 14.1. The Morgan fingerprint density at radius 2 is 2.08 bits per heavy atom. The van der Waals surface area contributed by atoms with E-state index in [4.69, 9.17) is 4.74 Å². The van der Waals surface area contributed by atoms with E-state index >= 15 is 0 Å². The molecule has 6 heteroatoms. The van der Waals surface area contributed by atoms with E-state index in [2.05, 4.69) is 16.0 Å². The molecule has 0 fully saturated rings. The highest BCUT2D eigenvalue weighted by molar-refractivity contribution is 6.31. The van der Waals surface area contributed by atoms with Crippen molar-refractivity contribution in [3.8, 4) is 0 Å².